The lowest BCUT2D eigenvalue weighted by molar-refractivity contribution is -0.116. The summed E-state index contributed by atoms with van der Waals surface area (Å²) in [6.07, 6.45) is 3.11. The highest BCUT2D eigenvalue weighted by molar-refractivity contribution is 5.94. The SMILES string of the molecule is CCOC(=O)c1cccc(NC(=O)Cn2ccn3nc(-c4ccc5c(c4)OCO5)cc3c2=O)c1. The molecular weight excluding hydrogens is 440 g/mol. The zero-order valence-corrected chi connectivity index (χ0v) is 18.2. The third kappa shape index (κ3) is 4.08. The molecule has 10 nitrogen and oxygen atoms in total. The molecule has 3 heterocycles. The summed E-state index contributed by atoms with van der Waals surface area (Å²) >= 11 is 0. The molecule has 0 unspecified atom stereocenters. The number of nitrogens with zero attached hydrogens (tertiary/aromatic N) is 3. The quantitative estimate of drug-likeness (QED) is 0.440. The van der Waals surface area contributed by atoms with Gasteiger partial charge in [0.15, 0.2) is 11.5 Å². The molecule has 10 heteroatoms. The number of anilines is 1. The Labute approximate surface area is 193 Å². The van der Waals surface area contributed by atoms with Crippen LogP contribution in [0, 0.1) is 0 Å². The highest BCUT2D eigenvalue weighted by Crippen LogP contribution is 2.35. The van der Waals surface area contributed by atoms with Crippen molar-refractivity contribution >= 4 is 23.1 Å². The topological polar surface area (TPSA) is 113 Å². The van der Waals surface area contributed by atoms with Gasteiger partial charge in [0.05, 0.1) is 17.9 Å². The normalized spacial score (nSPS) is 12.0. The van der Waals surface area contributed by atoms with Crippen LogP contribution in [0.4, 0.5) is 5.69 Å². The Balaban J connectivity index is 1.35. The van der Waals surface area contributed by atoms with Crippen LogP contribution in [0.3, 0.4) is 0 Å². The number of rotatable bonds is 6. The van der Waals surface area contributed by atoms with E-state index in [0.29, 0.717) is 34.0 Å². The Hall–Kier alpha value is -4.60. The van der Waals surface area contributed by atoms with Crippen LogP contribution in [0.15, 0.2) is 65.7 Å². The summed E-state index contributed by atoms with van der Waals surface area (Å²) in [7, 11) is 0. The predicted octanol–water partition coefficient (Wildman–Crippen LogP) is 2.71. The van der Waals surface area contributed by atoms with Gasteiger partial charge in [-0.3, -0.25) is 9.59 Å². The molecule has 2 aromatic heterocycles. The molecular formula is C24H20N4O6. The number of fused-ring (bicyclic) bond motifs is 2. The fourth-order valence-electron chi connectivity index (χ4n) is 3.64. The summed E-state index contributed by atoms with van der Waals surface area (Å²) in [6.45, 7) is 1.94. The Morgan fingerprint density at radius 3 is 2.79 bits per heavy atom. The van der Waals surface area contributed by atoms with Crippen LogP contribution in [0.25, 0.3) is 16.8 Å². The van der Waals surface area contributed by atoms with Crippen molar-refractivity contribution in [2.75, 3.05) is 18.7 Å². The van der Waals surface area contributed by atoms with Gasteiger partial charge in [-0.05, 0) is 49.4 Å². The Morgan fingerprint density at radius 2 is 1.94 bits per heavy atom. The number of carbonyl (C=O) groups excluding carboxylic acids is 2. The van der Waals surface area contributed by atoms with Gasteiger partial charge < -0.3 is 24.1 Å². The van der Waals surface area contributed by atoms with Crippen LogP contribution in [0.1, 0.15) is 17.3 Å². The second-order valence-corrected chi connectivity index (χ2v) is 7.51. The minimum atomic E-state index is -0.473. The van der Waals surface area contributed by atoms with Crippen molar-refractivity contribution < 1.29 is 23.8 Å². The van der Waals surface area contributed by atoms with E-state index in [4.69, 9.17) is 14.2 Å². The lowest BCUT2D eigenvalue weighted by Crippen LogP contribution is -2.28. The van der Waals surface area contributed by atoms with Crippen molar-refractivity contribution in [3.8, 4) is 22.8 Å². The summed E-state index contributed by atoms with van der Waals surface area (Å²) in [5, 5.41) is 7.16. The van der Waals surface area contributed by atoms with Crippen molar-refractivity contribution in [2.45, 2.75) is 13.5 Å². The van der Waals surface area contributed by atoms with E-state index in [0.717, 1.165) is 5.56 Å². The number of benzene rings is 2. The molecule has 4 aromatic rings. The molecule has 34 heavy (non-hydrogen) atoms. The molecule has 0 saturated heterocycles. The van der Waals surface area contributed by atoms with Crippen LogP contribution >= 0.6 is 0 Å². The molecule has 0 fully saturated rings. The van der Waals surface area contributed by atoms with Gasteiger partial charge in [0.2, 0.25) is 12.7 Å². The van der Waals surface area contributed by atoms with E-state index < -0.39 is 11.9 Å². The number of hydrogen-bond donors (Lipinski definition) is 1. The summed E-state index contributed by atoms with van der Waals surface area (Å²) in [5.41, 5.74) is 2.09. The van der Waals surface area contributed by atoms with Gasteiger partial charge >= 0.3 is 5.97 Å². The molecule has 0 radical (unpaired) electrons. The first-order valence-electron chi connectivity index (χ1n) is 10.6. The Bertz CT molecular complexity index is 1470. The minimum Gasteiger partial charge on any atom is -0.462 e. The van der Waals surface area contributed by atoms with E-state index in [2.05, 4.69) is 10.4 Å². The van der Waals surface area contributed by atoms with Crippen LogP contribution in [-0.2, 0) is 16.1 Å². The van der Waals surface area contributed by atoms with Gasteiger partial charge in [-0.25, -0.2) is 9.31 Å². The van der Waals surface area contributed by atoms with E-state index >= 15 is 0 Å². The molecule has 0 spiro atoms. The van der Waals surface area contributed by atoms with Gasteiger partial charge in [0.25, 0.3) is 5.56 Å². The van der Waals surface area contributed by atoms with Crippen LogP contribution in [-0.4, -0.2) is 39.5 Å². The number of nitrogens with one attached hydrogen (secondary N) is 1. The third-order valence-corrected chi connectivity index (χ3v) is 5.24. The van der Waals surface area contributed by atoms with E-state index in [1.165, 1.54) is 21.3 Å². The highest BCUT2D eigenvalue weighted by Gasteiger charge is 2.17. The molecule has 1 N–H and O–H groups in total. The summed E-state index contributed by atoms with van der Waals surface area (Å²) in [4.78, 5) is 37.5. The lowest BCUT2D eigenvalue weighted by Gasteiger charge is -2.09. The Morgan fingerprint density at radius 1 is 1.09 bits per heavy atom. The van der Waals surface area contributed by atoms with Crippen molar-refractivity contribution in [2.24, 2.45) is 0 Å². The van der Waals surface area contributed by atoms with E-state index in [1.807, 2.05) is 6.07 Å². The fraction of sp³-hybridized carbons (Fsp3) is 0.167. The first-order chi connectivity index (χ1) is 16.5. The number of carbonyl (C=O) groups is 2. The summed E-state index contributed by atoms with van der Waals surface area (Å²) in [5.74, 6) is 0.395. The highest BCUT2D eigenvalue weighted by atomic mass is 16.7. The van der Waals surface area contributed by atoms with E-state index in [-0.39, 0.29) is 25.5 Å². The third-order valence-electron chi connectivity index (χ3n) is 5.24. The lowest BCUT2D eigenvalue weighted by atomic mass is 10.1. The maximum absolute atomic E-state index is 13.0. The smallest absolute Gasteiger partial charge is 0.338 e. The molecule has 0 bridgehead atoms. The number of amides is 1. The molecule has 0 saturated carbocycles. The molecule has 2 aromatic carbocycles. The van der Waals surface area contributed by atoms with Crippen molar-refractivity contribution in [3.05, 3.63) is 76.8 Å². The molecule has 172 valence electrons. The first kappa shape index (κ1) is 21.3. The minimum absolute atomic E-state index is 0.170. The summed E-state index contributed by atoms with van der Waals surface area (Å²) < 4.78 is 18.5. The maximum atomic E-state index is 13.0. The number of hydrogen-bond acceptors (Lipinski definition) is 7. The van der Waals surface area contributed by atoms with Crippen LogP contribution in [0.2, 0.25) is 0 Å². The average molecular weight is 460 g/mol. The van der Waals surface area contributed by atoms with Crippen LogP contribution < -0.4 is 20.3 Å². The number of aromatic nitrogens is 3. The standard InChI is InChI=1S/C24H20N4O6/c1-2-32-24(31)16-4-3-5-17(10-16)25-22(29)13-27-8-9-28-19(23(27)30)12-18(26-28)15-6-7-20-21(11-15)34-14-33-20/h3-12H,2,13-14H2,1H3,(H,25,29). The largest absolute Gasteiger partial charge is 0.462 e. The van der Waals surface area contributed by atoms with Gasteiger partial charge in [-0.15, -0.1) is 0 Å². The molecule has 1 aliphatic heterocycles. The predicted molar refractivity (Wildman–Crippen MR) is 122 cm³/mol. The fourth-order valence-corrected chi connectivity index (χ4v) is 3.64. The zero-order chi connectivity index (χ0) is 23.7. The van der Waals surface area contributed by atoms with Crippen molar-refractivity contribution in [1.29, 1.82) is 0 Å². The number of esters is 1. The number of ether oxygens (including phenoxy) is 3. The van der Waals surface area contributed by atoms with Crippen LogP contribution in [0.5, 0.6) is 11.5 Å². The molecule has 1 amide bonds. The molecule has 5 rings (SSSR count). The monoisotopic (exact) mass is 460 g/mol. The van der Waals surface area contributed by atoms with Gasteiger partial charge in [-0.1, -0.05) is 6.07 Å². The first-order valence-corrected chi connectivity index (χ1v) is 10.6. The average Bonchev–Trinajstić information content (AvgIpc) is 3.48. The van der Waals surface area contributed by atoms with Crippen molar-refractivity contribution in [3.63, 3.8) is 0 Å². The molecule has 0 atom stereocenters. The molecule has 1 aliphatic rings. The summed E-state index contributed by atoms with van der Waals surface area (Å²) in [6, 6.07) is 13.5. The van der Waals surface area contributed by atoms with E-state index in [9.17, 15) is 14.4 Å². The second kappa shape index (κ2) is 8.74. The Kier molecular flexibility index (Phi) is 5.46. The van der Waals surface area contributed by atoms with Gasteiger partial charge in [0.1, 0.15) is 12.1 Å². The maximum Gasteiger partial charge on any atom is 0.338 e. The van der Waals surface area contributed by atoms with Gasteiger partial charge in [-0.2, -0.15) is 5.10 Å². The zero-order valence-electron chi connectivity index (χ0n) is 18.2. The van der Waals surface area contributed by atoms with Gasteiger partial charge in [0, 0.05) is 23.6 Å². The molecule has 0 aliphatic carbocycles. The van der Waals surface area contributed by atoms with E-state index in [1.54, 1.807) is 49.5 Å². The van der Waals surface area contributed by atoms with Crippen molar-refractivity contribution in [1.82, 2.24) is 14.2 Å². The second-order valence-electron chi connectivity index (χ2n) is 7.51.